The van der Waals surface area contributed by atoms with Crippen LogP contribution >= 0.6 is 11.8 Å². The summed E-state index contributed by atoms with van der Waals surface area (Å²) >= 11 is 1.88. The molecule has 2 fully saturated rings. The second kappa shape index (κ2) is 5.01. The molecule has 2 heterocycles. The zero-order chi connectivity index (χ0) is 14.3. The van der Waals surface area contributed by atoms with Crippen LogP contribution in [0.5, 0.6) is 0 Å². The van der Waals surface area contributed by atoms with E-state index in [0.717, 1.165) is 31.4 Å². The van der Waals surface area contributed by atoms with Gasteiger partial charge in [0.05, 0.1) is 17.2 Å². The molecule has 0 aliphatic carbocycles. The zero-order valence-corrected chi connectivity index (χ0v) is 11.7. The second-order valence-corrected chi connectivity index (χ2v) is 7.28. The fraction of sp³-hybridized carbons (Fsp3) is 0.533. The van der Waals surface area contributed by atoms with Gasteiger partial charge in [0, 0.05) is 16.1 Å². The van der Waals surface area contributed by atoms with Crippen LogP contribution in [0.15, 0.2) is 12.1 Å². The van der Waals surface area contributed by atoms with Gasteiger partial charge in [-0.3, -0.25) is 0 Å². The topological polar surface area (TPSA) is 44.0 Å². The summed E-state index contributed by atoms with van der Waals surface area (Å²) in [5, 5.41) is 20.7. The minimum absolute atomic E-state index is 0.0383. The molecule has 0 aromatic heterocycles. The van der Waals surface area contributed by atoms with Gasteiger partial charge < -0.3 is 5.11 Å². The number of aliphatic hydroxyl groups is 1. The van der Waals surface area contributed by atoms with Gasteiger partial charge in [0.2, 0.25) is 0 Å². The Morgan fingerprint density at radius 3 is 2.40 bits per heavy atom. The monoisotopic (exact) mass is 295 g/mol. The van der Waals surface area contributed by atoms with Crippen LogP contribution in [0.2, 0.25) is 0 Å². The molecule has 2 nitrogen and oxygen atoms in total. The molecule has 0 saturated carbocycles. The first-order chi connectivity index (χ1) is 9.51. The lowest BCUT2D eigenvalue weighted by Gasteiger charge is -2.44. The molecule has 0 amide bonds. The van der Waals surface area contributed by atoms with Gasteiger partial charge in [0.1, 0.15) is 0 Å². The van der Waals surface area contributed by atoms with Crippen molar-refractivity contribution in [2.45, 2.75) is 48.2 Å². The van der Waals surface area contributed by atoms with Crippen molar-refractivity contribution >= 4 is 11.8 Å². The number of halogens is 2. The highest BCUT2D eigenvalue weighted by Gasteiger charge is 2.44. The summed E-state index contributed by atoms with van der Waals surface area (Å²) in [5.74, 6) is -2.05. The minimum atomic E-state index is -1.21. The van der Waals surface area contributed by atoms with Crippen LogP contribution in [0.3, 0.4) is 0 Å². The lowest BCUT2D eigenvalue weighted by molar-refractivity contribution is 0.00752. The zero-order valence-electron chi connectivity index (χ0n) is 10.9. The van der Waals surface area contributed by atoms with Crippen LogP contribution in [0.4, 0.5) is 8.78 Å². The molecule has 2 saturated heterocycles. The van der Waals surface area contributed by atoms with Crippen molar-refractivity contribution in [2.24, 2.45) is 0 Å². The van der Waals surface area contributed by atoms with Crippen molar-refractivity contribution in [1.29, 1.82) is 5.26 Å². The number of benzene rings is 1. The van der Waals surface area contributed by atoms with E-state index in [0.29, 0.717) is 23.3 Å². The average Bonchev–Trinajstić information content (AvgIpc) is 2.40. The van der Waals surface area contributed by atoms with E-state index >= 15 is 0 Å². The number of hydrogen-bond donors (Lipinski definition) is 1. The Bertz CT molecular complexity index is 572. The van der Waals surface area contributed by atoms with Gasteiger partial charge in [-0.25, -0.2) is 8.78 Å². The Hall–Kier alpha value is -1.12. The summed E-state index contributed by atoms with van der Waals surface area (Å²) in [6.45, 7) is 0. The van der Waals surface area contributed by atoms with Crippen molar-refractivity contribution in [3.05, 3.63) is 34.9 Å². The Morgan fingerprint density at radius 2 is 1.80 bits per heavy atom. The third kappa shape index (κ3) is 2.32. The molecule has 1 N–H and O–H groups in total. The molecule has 2 aliphatic heterocycles. The first-order valence-corrected chi connectivity index (χ1v) is 7.73. The molecule has 106 valence electrons. The minimum Gasteiger partial charge on any atom is -0.385 e. The third-order valence-corrected chi connectivity index (χ3v) is 5.82. The fourth-order valence-corrected chi connectivity index (χ4v) is 5.26. The summed E-state index contributed by atoms with van der Waals surface area (Å²) < 4.78 is 26.8. The van der Waals surface area contributed by atoms with E-state index in [9.17, 15) is 13.9 Å². The van der Waals surface area contributed by atoms with E-state index in [4.69, 9.17) is 5.26 Å². The van der Waals surface area contributed by atoms with Crippen molar-refractivity contribution in [1.82, 2.24) is 0 Å². The van der Waals surface area contributed by atoms with Crippen molar-refractivity contribution < 1.29 is 13.9 Å². The van der Waals surface area contributed by atoms with Gasteiger partial charge in [-0.1, -0.05) is 6.42 Å². The standard InChI is InChI=1S/C15H15F2NOS/c16-13-4-9(8-18)12(5-14(13)17)15(19)6-10-2-1-3-11(7-15)20-10/h4-5,10-11,19H,1-3,6-7H2. The fourth-order valence-electron chi connectivity index (χ4n) is 3.36. The Labute approximate surface area is 120 Å². The predicted molar refractivity (Wildman–Crippen MR) is 73.2 cm³/mol. The SMILES string of the molecule is N#Cc1cc(F)c(F)cc1C1(O)CC2CCCC(C1)S2. The molecule has 0 spiro atoms. The van der Waals surface area contributed by atoms with Crippen LogP contribution in [0.25, 0.3) is 0 Å². The number of thioether (sulfide) groups is 1. The summed E-state index contributed by atoms with van der Waals surface area (Å²) in [6, 6.07) is 3.77. The lowest BCUT2D eigenvalue weighted by Crippen LogP contribution is -2.41. The molecular weight excluding hydrogens is 280 g/mol. The van der Waals surface area contributed by atoms with Gasteiger partial charge in [-0.2, -0.15) is 17.0 Å². The van der Waals surface area contributed by atoms with Gasteiger partial charge in [-0.05, 0) is 37.8 Å². The van der Waals surface area contributed by atoms with Crippen LogP contribution in [-0.4, -0.2) is 15.6 Å². The van der Waals surface area contributed by atoms with Crippen LogP contribution in [0, 0.1) is 23.0 Å². The highest BCUT2D eigenvalue weighted by Crippen LogP contribution is 2.50. The molecule has 1 aromatic carbocycles. The number of hydrogen-bond acceptors (Lipinski definition) is 3. The normalized spacial score (nSPS) is 32.7. The number of fused-ring (bicyclic) bond motifs is 2. The van der Waals surface area contributed by atoms with E-state index in [1.54, 1.807) is 0 Å². The summed E-state index contributed by atoms with van der Waals surface area (Å²) in [4.78, 5) is 0. The molecule has 20 heavy (non-hydrogen) atoms. The van der Waals surface area contributed by atoms with Gasteiger partial charge in [0.15, 0.2) is 11.6 Å². The van der Waals surface area contributed by atoms with E-state index in [1.807, 2.05) is 17.8 Å². The van der Waals surface area contributed by atoms with Crippen molar-refractivity contribution in [3.8, 4) is 6.07 Å². The molecular formula is C15H15F2NOS. The van der Waals surface area contributed by atoms with E-state index in [-0.39, 0.29) is 11.1 Å². The van der Waals surface area contributed by atoms with Gasteiger partial charge in [0.25, 0.3) is 0 Å². The Balaban J connectivity index is 2.03. The summed E-state index contributed by atoms with van der Waals surface area (Å²) in [7, 11) is 0. The van der Waals surface area contributed by atoms with Crippen LogP contribution < -0.4 is 0 Å². The summed E-state index contributed by atoms with van der Waals surface area (Å²) in [5.41, 5.74) is -0.923. The van der Waals surface area contributed by atoms with Crippen molar-refractivity contribution in [2.75, 3.05) is 0 Å². The number of nitrogens with zero attached hydrogens (tertiary/aromatic N) is 1. The first-order valence-electron chi connectivity index (χ1n) is 6.79. The smallest absolute Gasteiger partial charge is 0.160 e. The number of nitriles is 1. The maximum atomic E-state index is 13.5. The predicted octanol–water partition coefficient (Wildman–Crippen LogP) is 3.47. The van der Waals surface area contributed by atoms with E-state index in [1.165, 1.54) is 0 Å². The second-order valence-electron chi connectivity index (χ2n) is 5.67. The molecule has 0 radical (unpaired) electrons. The van der Waals surface area contributed by atoms with E-state index in [2.05, 4.69) is 0 Å². The maximum Gasteiger partial charge on any atom is 0.160 e. The summed E-state index contributed by atoms with van der Waals surface area (Å²) in [6.07, 6.45) is 4.24. The third-order valence-electron chi connectivity index (χ3n) is 4.25. The van der Waals surface area contributed by atoms with Crippen LogP contribution in [0.1, 0.15) is 43.2 Å². The van der Waals surface area contributed by atoms with Crippen LogP contribution in [-0.2, 0) is 5.60 Å². The van der Waals surface area contributed by atoms with E-state index < -0.39 is 17.2 Å². The van der Waals surface area contributed by atoms with Crippen molar-refractivity contribution in [3.63, 3.8) is 0 Å². The lowest BCUT2D eigenvalue weighted by atomic mass is 9.79. The quantitative estimate of drug-likeness (QED) is 0.862. The Morgan fingerprint density at radius 1 is 1.20 bits per heavy atom. The molecule has 2 atom stereocenters. The molecule has 1 aromatic rings. The molecule has 2 bridgehead atoms. The Kier molecular flexibility index (Phi) is 3.47. The molecule has 3 rings (SSSR count). The number of rotatable bonds is 1. The highest BCUT2D eigenvalue weighted by atomic mass is 32.2. The van der Waals surface area contributed by atoms with Gasteiger partial charge in [-0.15, -0.1) is 0 Å². The maximum absolute atomic E-state index is 13.5. The first kappa shape index (κ1) is 13.8. The average molecular weight is 295 g/mol. The van der Waals surface area contributed by atoms with Gasteiger partial charge >= 0.3 is 0 Å². The molecule has 2 unspecified atom stereocenters. The molecule has 2 aliphatic rings. The largest absolute Gasteiger partial charge is 0.385 e. The highest BCUT2D eigenvalue weighted by molar-refractivity contribution is 8.00. The molecule has 5 heteroatoms.